The van der Waals surface area contributed by atoms with E-state index >= 15 is 0 Å². The van der Waals surface area contributed by atoms with Crippen LogP contribution in [0.2, 0.25) is 0 Å². The Bertz CT molecular complexity index is 119. The maximum atomic E-state index is 10.6. The average Bonchev–Trinajstić information content (AvgIpc) is 1.97. The summed E-state index contributed by atoms with van der Waals surface area (Å²) in [6, 6.07) is 0. The third-order valence-corrected chi connectivity index (χ3v) is 1.94. The maximum absolute atomic E-state index is 10.6. The molecule has 0 bridgehead atoms. The zero-order valence-electron chi connectivity index (χ0n) is 5.62. The van der Waals surface area contributed by atoms with Gasteiger partial charge in [-0.25, -0.2) is 0 Å². The van der Waals surface area contributed by atoms with E-state index in [1.807, 2.05) is 0 Å². The molecule has 0 saturated carbocycles. The average molecular weight is 209 g/mol. The first-order chi connectivity index (χ1) is 4.81. The van der Waals surface area contributed by atoms with Crippen molar-refractivity contribution in [2.45, 2.75) is 0 Å². The second kappa shape index (κ2) is 6.83. The summed E-state index contributed by atoms with van der Waals surface area (Å²) in [5.74, 6) is 0. The van der Waals surface area contributed by atoms with Gasteiger partial charge >= 0.3 is 64.5 Å². The van der Waals surface area contributed by atoms with Crippen LogP contribution in [-0.4, -0.2) is 27.7 Å². The van der Waals surface area contributed by atoms with Crippen LogP contribution in [0.15, 0.2) is 25.3 Å². The molecule has 0 amide bonds. The molecule has 3 nitrogen and oxygen atoms in total. The Morgan fingerprint density at radius 2 is 1.60 bits per heavy atom. The Hall–Kier alpha value is -0.281. The molecule has 0 aromatic rings. The van der Waals surface area contributed by atoms with Crippen molar-refractivity contribution in [1.82, 2.24) is 0 Å². The standard InChI is InChI=1S/C6H10O3Se/c1-3-5-8-10(7)9-6-4-2/h3-4H,1-2,5-6H2. The van der Waals surface area contributed by atoms with Gasteiger partial charge in [0.05, 0.1) is 0 Å². The summed E-state index contributed by atoms with van der Waals surface area (Å²) >= 11 is -2.51. The molecule has 0 aliphatic heterocycles. The van der Waals surface area contributed by atoms with Gasteiger partial charge in [0.2, 0.25) is 0 Å². The molecule has 0 aromatic carbocycles. The van der Waals surface area contributed by atoms with Crippen LogP contribution < -0.4 is 0 Å². The molecule has 0 atom stereocenters. The SMILES string of the molecule is C=CCO[Se](=O)OCC=C. The summed E-state index contributed by atoms with van der Waals surface area (Å²) in [7, 11) is 0. The van der Waals surface area contributed by atoms with Crippen LogP contribution >= 0.6 is 0 Å². The normalized spacial score (nSPS) is 9.70. The Labute approximate surface area is 65.1 Å². The molecule has 0 aliphatic carbocycles. The van der Waals surface area contributed by atoms with E-state index in [1.54, 1.807) is 0 Å². The van der Waals surface area contributed by atoms with E-state index in [1.165, 1.54) is 12.2 Å². The van der Waals surface area contributed by atoms with Crippen LogP contribution in [0.1, 0.15) is 0 Å². The van der Waals surface area contributed by atoms with E-state index in [2.05, 4.69) is 20.8 Å². The van der Waals surface area contributed by atoms with Gasteiger partial charge in [0.15, 0.2) is 0 Å². The van der Waals surface area contributed by atoms with Gasteiger partial charge in [-0.2, -0.15) is 0 Å². The third-order valence-electron chi connectivity index (χ3n) is 0.564. The van der Waals surface area contributed by atoms with Crippen molar-refractivity contribution in [2.75, 3.05) is 13.2 Å². The molecule has 0 spiro atoms. The first-order valence-electron chi connectivity index (χ1n) is 2.71. The van der Waals surface area contributed by atoms with Crippen molar-refractivity contribution in [3.63, 3.8) is 0 Å². The molecule has 0 rings (SSSR count). The first kappa shape index (κ1) is 9.72. The Kier molecular flexibility index (Phi) is 6.64. The molecule has 58 valence electrons. The van der Waals surface area contributed by atoms with Gasteiger partial charge in [-0.15, -0.1) is 0 Å². The molecule has 0 heterocycles. The molecular weight excluding hydrogens is 199 g/mol. The fraction of sp³-hybridized carbons (Fsp3) is 0.333. The predicted octanol–water partition coefficient (Wildman–Crippen LogP) is 0.807. The van der Waals surface area contributed by atoms with E-state index in [-0.39, 0.29) is 13.2 Å². The fourth-order valence-electron chi connectivity index (χ4n) is 0.241. The topological polar surface area (TPSA) is 35.5 Å². The fourth-order valence-corrected chi connectivity index (χ4v) is 1.25. The zero-order chi connectivity index (χ0) is 7.82. The summed E-state index contributed by atoms with van der Waals surface area (Å²) in [6.45, 7) is 7.32. The summed E-state index contributed by atoms with van der Waals surface area (Å²) in [6.07, 6.45) is 3.04. The van der Waals surface area contributed by atoms with Crippen LogP contribution in [0, 0.1) is 0 Å². The van der Waals surface area contributed by atoms with Crippen LogP contribution in [0.4, 0.5) is 0 Å². The third kappa shape index (κ3) is 5.85. The molecule has 0 radical (unpaired) electrons. The molecule has 4 heteroatoms. The molecule has 0 saturated heterocycles. The van der Waals surface area contributed by atoms with Gasteiger partial charge in [-0.05, 0) is 0 Å². The van der Waals surface area contributed by atoms with Crippen molar-refractivity contribution < 1.29 is 11.5 Å². The molecule has 0 N–H and O–H groups in total. The van der Waals surface area contributed by atoms with Gasteiger partial charge < -0.3 is 0 Å². The second-order valence-electron chi connectivity index (χ2n) is 1.35. The van der Waals surface area contributed by atoms with Crippen LogP contribution in [0.3, 0.4) is 0 Å². The summed E-state index contributed by atoms with van der Waals surface area (Å²) in [4.78, 5) is 0. The molecule has 0 fully saturated rings. The molecule has 0 aliphatic rings. The zero-order valence-corrected chi connectivity index (χ0v) is 7.33. The van der Waals surface area contributed by atoms with Crippen molar-refractivity contribution in [3.05, 3.63) is 25.3 Å². The minimum atomic E-state index is -2.51. The van der Waals surface area contributed by atoms with Gasteiger partial charge in [0.25, 0.3) is 0 Å². The minimum absolute atomic E-state index is 0.269. The van der Waals surface area contributed by atoms with E-state index in [0.29, 0.717) is 0 Å². The molecular formula is C6H10O3Se. The van der Waals surface area contributed by atoms with Gasteiger partial charge in [0, 0.05) is 0 Å². The van der Waals surface area contributed by atoms with Crippen molar-refractivity contribution >= 4 is 14.5 Å². The number of rotatable bonds is 6. The van der Waals surface area contributed by atoms with E-state index in [0.717, 1.165) is 0 Å². The summed E-state index contributed by atoms with van der Waals surface area (Å²) in [5, 5.41) is 0. The Balaban J connectivity index is 3.24. The van der Waals surface area contributed by atoms with Crippen molar-refractivity contribution in [3.8, 4) is 0 Å². The van der Waals surface area contributed by atoms with Gasteiger partial charge in [-0.3, -0.25) is 0 Å². The van der Waals surface area contributed by atoms with Crippen LogP contribution in [0.5, 0.6) is 0 Å². The van der Waals surface area contributed by atoms with Crippen LogP contribution in [-0.2, 0) is 11.5 Å². The number of hydrogen-bond acceptors (Lipinski definition) is 3. The van der Waals surface area contributed by atoms with E-state index in [4.69, 9.17) is 0 Å². The van der Waals surface area contributed by atoms with Crippen molar-refractivity contribution in [2.24, 2.45) is 0 Å². The quantitative estimate of drug-likeness (QED) is 0.479. The van der Waals surface area contributed by atoms with Crippen molar-refractivity contribution in [1.29, 1.82) is 0 Å². The van der Waals surface area contributed by atoms with E-state index < -0.39 is 14.5 Å². The second-order valence-corrected chi connectivity index (χ2v) is 3.20. The Morgan fingerprint density at radius 1 is 1.20 bits per heavy atom. The van der Waals surface area contributed by atoms with Gasteiger partial charge in [0.1, 0.15) is 0 Å². The summed E-state index contributed by atoms with van der Waals surface area (Å²) in [5.41, 5.74) is 0. The first-order valence-corrected chi connectivity index (χ1v) is 4.81. The monoisotopic (exact) mass is 210 g/mol. The number of hydrogen-bond donors (Lipinski definition) is 0. The predicted molar refractivity (Wildman–Crippen MR) is 38.7 cm³/mol. The molecule has 0 unspecified atom stereocenters. The molecule has 10 heavy (non-hydrogen) atoms. The summed E-state index contributed by atoms with van der Waals surface area (Å²) < 4.78 is 20.0. The molecule has 0 aromatic heterocycles. The van der Waals surface area contributed by atoms with Gasteiger partial charge in [-0.1, -0.05) is 0 Å². The Morgan fingerprint density at radius 3 is 1.90 bits per heavy atom. The van der Waals surface area contributed by atoms with E-state index in [9.17, 15) is 3.83 Å². The van der Waals surface area contributed by atoms with Crippen LogP contribution in [0.25, 0.3) is 0 Å².